The number of carbonyl (C=O) groups is 1. The number of hydrogen-bond donors (Lipinski definition) is 2. The molecule has 1 saturated heterocycles. The lowest BCUT2D eigenvalue weighted by Gasteiger charge is -2.30. The van der Waals surface area contributed by atoms with Gasteiger partial charge in [-0.1, -0.05) is 19.8 Å². The van der Waals surface area contributed by atoms with E-state index in [0.29, 0.717) is 18.5 Å². The van der Waals surface area contributed by atoms with Gasteiger partial charge >= 0.3 is 0 Å². The third kappa shape index (κ3) is 4.65. The molecule has 0 aromatic rings. The first kappa shape index (κ1) is 12.5. The summed E-state index contributed by atoms with van der Waals surface area (Å²) in [7, 11) is 0. The molecule has 2 N–H and O–H groups in total. The van der Waals surface area contributed by atoms with Crippen molar-refractivity contribution in [2.75, 3.05) is 6.54 Å². The van der Waals surface area contributed by atoms with Crippen LogP contribution >= 0.6 is 0 Å². The molecule has 0 aliphatic carbocycles. The summed E-state index contributed by atoms with van der Waals surface area (Å²) < 4.78 is 0. The van der Waals surface area contributed by atoms with Crippen molar-refractivity contribution in [3.8, 4) is 0 Å². The average molecular weight is 212 g/mol. The van der Waals surface area contributed by atoms with E-state index in [1.165, 1.54) is 12.8 Å². The second-order valence-corrected chi connectivity index (χ2v) is 4.52. The molecule has 3 heteroatoms. The number of nitrogens with one attached hydrogen (secondary N) is 2. The maximum atomic E-state index is 11.6. The predicted molar refractivity (Wildman–Crippen MR) is 62.8 cm³/mol. The summed E-state index contributed by atoms with van der Waals surface area (Å²) in [5, 5.41) is 6.52. The first-order valence-electron chi connectivity index (χ1n) is 6.26. The third-order valence-electron chi connectivity index (χ3n) is 3.12. The second kappa shape index (κ2) is 6.83. The van der Waals surface area contributed by atoms with Crippen molar-refractivity contribution in [2.24, 2.45) is 0 Å². The molecule has 1 amide bonds. The number of carbonyl (C=O) groups excluding carboxylic acids is 1. The van der Waals surface area contributed by atoms with Gasteiger partial charge < -0.3 is 10.6 Å². The monoisotopic (exact) mass is 212 g/mol. The minimum atomic E-state index is 0.226. The Labute approximate surface area is 93.0 Å². The van der Waals surface area contributed by atoms with Crippen LogP contribution in [0.4, 0.5) is 0 Å². The van der Waals surface area contributed by atoms with Gasteiger partial charge in [0.15, 0.2) is 0 Å². The largest absolute Gasteiger partial charge is 0.352 e. The summed E-state index contributed by atoms with van der Waals surface area (Å²) >= 11 is 0. The highest BCUT2D eigenvalue weighted by Gasteiger charge is 2.21. The van der Waals surface area contributed by atoms with Crippen molar-refractivity contribution >= 4 is 5.91 Å². The summed E-state index contributed by atoms with van der Waals surface area (Å²) in [6, 6.07) is 0.766. The fourth-order valence-electron chi connectivity index (χ4n) is 2.06. The maximum Gasteiger partial charge on any atom is 0.220 e. The van der Waals surface area contributed by atoms with Crippen molar-refractivity contribution < 1.29 is 4.79 Å². The summed E-state index contributed by atoms with van der Waals surface area (Å²) in [5.74, 6) is 0.226. The standard InChI is InChI=1S/C12H24N2O/c1-3-4-5-8-12(15)14-11-7-6-9-13-10(11)2/h10-11,13H,3-9H2,1-2H3,(H,14,15). The van der Waals surface area contributed by atoms with Crippen LogP contribution in [0.15, 0.2) is 0 Å². The van der Waals surface area contributed by atoms with Gasteiger partial charge in [-0.25, -0.2) is 0 Å². The molecule has 0 aromatic heterocycles. The zero-order valence-electron chi connectivity index (χ0n) is 10.0. The molecule has 1 heterocycles. The topological polar surface area (TPSA) is 41.1 Å². The number of amides is 1. The fourth-order valence-corrected chi connectivity index (χ4v) is 2.06. The third-order valence-corrected chi connectivity index (χ3v) is 3.12. The molecule has 15 heavy (non-hydrogen) atoms. The molecule has 1 rings (SSSR count). The first-order valence-corrected chi connectivity index (χ1v) is 6.26. The quantitative estimate of drug-likeness (QED) is 0.683. The summed E-state index contributed by atoms with van der Waals surface area (Å²) in [6.07, 6.45) is 6.34. The van der Waals surface area contributed by atoms with Gasteiger partial charge in [0.25, 0.3) is 0 Å². The molecule has 1 fully saturated rings. The fraction of sp³-hybridized carbons (Fsp3) is 0.917. The van der Waals surface area contributed by atoms with Gasteiger partial charge in [-0.05, 0) is 32.7 Å². The Bertz CT molecular complexity index is 194. The highest BCUT2D eigenvalue weighted by Crippen LogP contribution is 2.09. The van der Waals surface area contributed by atoms with E-state index in [2.05, 4.69) is 24.5 Å². The van der Waals surface area contributed by atoms with Gasteiger partial charge in [-0.2, -0.15) is 0 Å². The molecular weight excluding hydrogens is 188 g/mol. The molecule has 2 atom stereocenters. The van der Waals surface area contributed by atoms with Crippen molar-refractivity contribution in [1.82, 2.24) is 10.6 Å². The normalized spacial score (nSPS) is 26.3. The van der Waals surface area contributed by atoms with Crippen LogP contribution in [0.5, 0.6) is 0 Å². The minimum Gasteiger partial charge on any atom is -0.352 e. The van der Waals surface area contributed by atoms with Crippen molar-refractivity contribution in [3.05, 3.63) is 0 Å². The van der Waals surface area contributed by atoms with Crippen LogP contribution < -0.4 is 10.6 Å². The van der Waals surface area contributed by atoms with E-state index in [9.17, 15) is 4.79 Å². The van der Waals surface area contributed by atoms with E-state index < -0.39 is 0 Å². The van der Waals surface area contributed by atoms with E-state index in [0.717, 1.165) is 25.8 Å². The van der Waals surface area contributed by atoms with Crippen LogP contribution in [0, 0.1) is 0 Å². The van der Waals surface area contributed by atoms with Crippen LogP contribution in [-0.2, 0) is 4.79 Å². The summed E-state index contributed by atoms with van der Waals surface area (Å²) in [6.45, 7) is 5.39. The Morgan fingerprint density at radius 2 is 2.27 bits per heavy atom. The van der Waals surface area contributed by atoms with Crippen LogP contribution in [0.3, 0.4) is 0 Å². The summed E-state index contributed by atoms with van der Waals surface area (Å²) in [5.41, 5.74) is 0. The van der Waals surface area contributed by atoms with Gasteiger partial charge in [0.1, 0.15) is 0 Å². The van der Waals surface area contributed by atoms with E-state index in [1.54, 1.807) is 0 Å². The molecular formula is C12H24N2O. The Morgan fingerprint density at radius 3 is 2.93 bits per heavy atom. The molecule has 1 aliphatic heterocycles. The van der Waals surface area contributed by atoms with E-state index >= 15 is 0 Å². The Balaban J connectivity index is 2.18. The van der Waals surface area contributed by atoms with Gasteiger partial charge in [0, 0.05) is 18.5 Å². The second-order valence-electron chi connectivity index (χ2n) is 4.52. The predicted octanol–water partition coefficient (Wildman–Crippen LogP) is 1.82. The van der Waals surface area contributed by atoms with Crippen LogP contribution in [0.2, 0.25) is 0 Å². The van der Waals surface area contributed by atoms with Crippen LogP contribution in [0.25, 0.3) is 0 Å². The summed E-state index contributed by atoms with van der Waals surface area (Å²) in [4.78, 5) is 11.6. The van der Waals surface area contributed by atoms with E-state index in [1.807, 2.05) is 0 Å². The lowest BCUT2D eigenvalue weighted by molar-refractivity contribution is -0.122. The van der Waals surface area contributed by atoms with Gasteiger partial charge in [0.2, 0.25) is 5.91 Å². The van der Waals surface area contributed by atoms with Gasteiger partial charge in [-0.3, -0.25) is 4.79 Å². The Hall–Kier alpha value is -0.570. The zero-order chi connectivity index (χ0) is 11.1. The van der Waals surface area contributed by atoms with Crippen molar-refractivity contribution in [1.29, 1.82) is 0 Å². The van der Waals surface area contributed by atoms with E-state index in [4.69, 9.17) is 0 Å². The SMILES string of the molecule is CCCCCC(=O)NC1CCCNC1C. The van der Waals surface area contributed by atoms with Gasteiger partial charge in [0.05, 0.1) is 0 Å². The van der Waals surface area contributed by atoms with Crippen molar-refractivity contribution in [2.45, 2.75) is 64.5 Å². The molecule has 88 valence electrons. The molecule has 0 bridgehead atoms. The van der Waals surface area contributed by atoms with E-state index in [-0.39, 0.29) is 5.91 Å². The number of piperidine rings is 1. The smallest absolute Gasteiger partial charge is 0.220 e. The molecule has 0 radical (unpaired) electrons. The zero-order valence-corrected chi connectivity index (χ0v) is 10.0. The first-order chi connectivity index (χ1) is 7.24. The molecule has 2 unspecified atom stereocenters. The minimum absolute atomic E-state index is 0.226. The lowest BCUT2D eigenvalue weighted by atomic mass is 9.99. The molecule has 0 aromatic carbocycles. The maximum absolute atomic E-state index is 11.6. The lowest BCUT2D eigenvalue weighted by Crippen LogP contribution is -2.51. The molecule has 0 spiro atoms. The molecule has 0 saturated carbocycles. The number of hydrogen-bond acceptors (Lipinski definition) is 2. The highest BCUT2D eigenvalue weighted by molar-refractivity contribution is 5.76. The van der Waals surface area contributed by atoms with Crippen LogP contribution in [0.1, 0.15) is 52.4 Å². The average Bonchev–Trinajstić information content (AvgIpc) is 2.22. The van der Waals surface area contributed by atoms with Gasteiger partial charge in [-0.15, -0.1) is 0 Å². The number of unbranched alkanes of at least 4 members (excludes halogenated alkanes) is 2. The molecule has 1 aliphatic rings. The number of rotatable bonds is 5. The Morgan fingerprint density at radius 1 is 1.47 bits per heavy atom. The Kier molecular flexibility index (Phi) is 5.69. The van der Waals surface area contributed by atoms with Crippen molar-refractivity contribution in [3.63, 3.8) is 0 Å². The highest BCUT2D eigenvalue weighted by atomic mass is 16.1. The molecule has 3 nitrogen and oxygen atoms in total. The van der Waals surface area contributed by atoms with Crippen LogP contribution in [-0.4, -0.2) is 24.5 Å².